The summed E-state index contributed by atoms with van der Waals surface area (Å²) in [6, 6.07) is 10.1. The van der Waals surface area contributed by atoms with Crippen molar-refractivity contribution in [3.8, 4) is 23.0 Å². The van der Waals surface area contributed by atoms with E-state index in [2.05, 4.69) is 5.16 Å². The number of amides is 2. The van der Waals surface area contributed by atoms with Gasteiger partial charge in [-0.2, -0.15) is 0 Å². The molecule has 3 aliphatic heterocycles. The molecule has 0 N–H and O–H groups in total. The van der Waals surface area contributed by atoms with Crippen molar-refractivity contribution >= 4 is 23.2 Å². The van der Waals surface area contributed by atoms with Gasteiger partial charge < -0.3 is 23.8 Å². The lowest BCUT2D eigenvalue weighted by atomic mass is 9.93. The van der Waals surface area contributed by atoms with E-state index in [4.69, 9.17) is 23.8 Å². The Balaban J connectivity index is 1.53. The van der Waals surface area contributed by atoms with E-state index in [9.17, 15) is 9.59 Å². The summed E-state index contributed by atoms with van der Waals surface area (Å²) in [4.78, 5) is 32.6. The fraction of sp³-hybridized carbons (Fsp3) is 0.250. The molecule has 0 aromatic heterocycles. The summed E-state index contributed by atoms with van der Waals surface area (Å²) >= 11 is 0. The largest absolute Gasteiger partial charge is 0.493 e. The SMILES string of the molecule is COc1cccc(C2=NOC3C(=O)N(c4ccc5c(c4)OCO5)C(=O)C23)c1OC. The topological polar surface area (TPSA) is 95.9 Å². The van der Waals surface area contributed by atoms with Gasteiger partial charge in [0, 0.05) is 11.6 Å². The summed E-state index contributed by atoms with van der Waals surface area (Å²) in [5, 5.41) is 4.03. The molecule has 3 aliphatic rings. The van der Waals surface area contributed by atoms with Crippen molar-refractivity contribution in [2.45, 2.75) is 6.10 Å². The number of para-hydroxylation sites is 1. The van der Waals surface area contributed by atoms with E-state index in [1.165, 1.54) is 14.2 Å². The number of ether oxygens (including phenoxy) is 4. The lowest BCUT2D eigenvalue weighted by Gasteiger charge is -2.17. The number of fused-ring (bicyclic) bond motifs is 2. The first-order chi connectivity index (χ1) is 14.1. The van der Waals surface area contributed by atoms with Gasteiger partial charge in [-0.15, -0.1) is 0 Å². The molecule has 2 aromatic rings. The number of methoxy groups -OCH3 is 2. The van der Waals surface area contributed by atoms with Crippen LogP contribution in [0.25, 0.3) is 0 Å². The van der Waals surface area contributed by atoms with E-state index in [1.54, 1.807) is 36.4 Å². The Morgan fingerprint density at radius 3 is 2.66 bits per heavy atom. The zero-order chi connectivity index (χ0) is 20.1. The summed E-state index contributed by atoms with van der Waals surface area (Å²) < 4.78 is 21.4. The van der Waals surface area contributed by atoms with Gasteiger partial charge in [0.05, 0.1) is 19.9 Å². The smallest absolute Gasteiger partial charge is 0.278 e. The van der Waals surface area contributed by atoms with Crippen molar-refractivity contribution in [3.05, 3.63) is 42.0 Å². The van der Waals surface area contributed by atoms with Crippen LogP contribution in [0.15, 0.2) is 41.6 Å². The Morgan fingerprint density at radius 2 is 1.86 bits per heavy atom. The van der Waals surface area contributed by atoms with Crippen molar-refractivity contribution in [2.24, 2.45) is 11.1 Å². The fourth-order valence-electron chi connectivity index (χ4n) is 3.77. The molecule has 9 nitrogen and oxygen atoms in total. The van der Waals surface area contributed by atoms with Crippen LogP contribution in [0.2, 0.25) is 0 Å². The van der Waals surface area contributed by atoms with Crippen LogP contribution in [0.4, 0.5) is 5.69 Å². The summed E-state index contributed by atoms with van der Waals surface area (Å²) in [5.74, 6) is 0.144. The second kappa shape index (κ2) is 6.40. The zero-order valence-corrected chi connectivity index (χ0v) is 15.6. The number of carbonyl (C=O) groups is 2. The lowest BCUT2D eigenvalue weighted by Crippen LogP contribution is -2.33. The van der Waals surface area contributed by atoms with Gasteiger partial charge >= 0.3 is 0 Å². The van der Waals surface area contributed by atoms with E-state index >= 15 is 0 Å². The van der Waals surface area contributed by atoms with Gasteiger partial charge in [0.25, 0.3) is 5.91 Å². The molecule has 0 saturated carbocycles. The predicted octanol–water partition coefficient (Wildman–Crippen LogP) is 1.72. The molecule has 5 rings (SSSR count). The van der Waals surface area contributed by atoms with Crippen molar-refractivity contribution in [1.82, 2.24) is 0 Å². The number of anilines is 1. The minimum absolute atomic E-state index is 0.0987. The van der Waals surface area contributed by atoms with Crippen LogP contribution in [0.1, 0.15) is 5.56 Å². The highest BCUT2D eigenvalue weighted by atomic mass is 16.7. The average molecular weight is 396 g/mol. The molecule has 29 heavy (non-hydrogen) atoms. The first kappa shape index (κ1) is 17.4. The highest BCUT2D eigenvalue weighted by Gasteiger charge is 2.56. The van der Waals surface area contributed by atoms with Gasteiger partial charge in [-0.3, -0.25) is 9.59 Å². The number of oxime groups is 1. The number of imide groups is 1. The second-order valence-electron chi connectivity index (χ2n) is 6.57. The van der Waals surface area contributed by atoms with E-state index in [-0.39, 0.29) is 6.79 Å². The zero-order valence-electron chi connectivity index (χ0n) is 15.6. The molecule has 2 atom stereocenters. The van der Waals surface area contributed by atoms with Crippen molar-refractivity contribution in [2.75, 3.05) is 25.9 Å². The summed E-state index contributed by atoms with van der Waals surface area (Å²) in [6.45, 7) is 0.0987. The molecule has 1 saturated heterocycles. The van der Waals surface area contributed by atoms with Crippen LogP contribution < -0.4 is 23.8 Å². The molecule has 3 heterocycles. The molecule has 0 radical (unpaired) electrons. The molecule has 2 aromatic carbocycles. The Kier molecular flexibility index (Phi) is 3.83. The van der Waals surface area contributed by atoms with Crippen LogP contribution in [-0.4, -0.2) is 44.6 Å². The Hall–Kier alpha value is -3.75. The maximum absolute atomic E-state index is 13.2. The van der Waals surface area contributed by atoms with Gasteiger partial charge in [-0.05, 0) is 24.3 Å². The molecule has 0 spiro atoms. The quantitative estimate of drug-likeness (QED) is 0.726. The fourth-order valence-corrected chi connectivity index (χ4v) is 3.77. The third-order valence-electron chi connectivity index (χ3n) is 5.11. The Morgan fingerprint density at radius 1 is 1.03 bits per heavy atom. The standard InChI is InChI=1S/C20H16N2O7/c1-25-13-5-3-4-11(17(13)26-2)16-15-18(29-21-16)20(24)22(19(15)23)10-6-7-12-14(8-10)28-9-27-12/h3-8,15,18H,9H2,1-2H3. The van der Waals surface area contributed by atoms with Crippen LogP contribution in [0, 0.1) is 5.92 Å². The number of rotatable bonds is 4. The van der Waals surface area contributed by atoms with Gasteiger partial charge in [0.15, 0.2) is 23.0 Å². The van der Waals surface area contributed by atoms with Gasteiger partial charge in [-0.25, -0.2) is 4.90 Å². The normalized spacial score (nSPS) is 21.7. The third-order valence-corrected chi connectivity index (χ3v) is 5.11. The number of nitrogens with zero attached hydrogens (tertiary/aromatic N) is 2. The van der Waals surface area contributed by atoms with Crippen LogP contribution in [-0.2, 0) is 14.4 Å². The van der Waals surface area contributed by atoms with Crippen LogP contribution >= 0.6 is 0 Å². The molecule has 0 aliphatic carbocycles. The summed E-state index contributed by atoms with van der Waals surface area (Å²) in [6.07, 6.45) is -1.03. The van der Waals surface area contributed by atoms with Crippen LogP contribution in [0.5, 0.6) is 23.0 Å². The van der Waals surface area contributed by atoms with Crippen molar-refractivity contribution < 1.29 is 33.4 Å². The third kappa shape index (κ3) is 2.43. The van der Waals surface area contributed by atoms with Gasteiger partial charge in [0.2, 0.25) is 18.8 Å². The molecule has 2 unspecified atom stereocenters. The number of carbonyl (C=O) groups excluding carboxylic acids is 2. The van der Waals surface area contributed by atoms with E-state index < -0.39 is 23.8 Å². The molecular formula is C20H16N2O7. The minimum Gasteiger partial charge on any atom is -0.493 e. The highest BCUT2D eigenvalue weighted by molar-refractivity contribution is 6.32. The van der Waals surface area contributed by atoms with E-state index in [0.717, 1.165) is 4.90 Å². The first-order valence-electron chi connectivity index (χ1n) is 8.86. The minimum atomic E-state index is -1.03. The molecule has 9 heteroatoms. The van der Waals surface area contributed by atoms with E-state index in [1.807, 2.05) is 0 Å². The van der Waals surface area contributed by atoms with Gasteiger partial charge in [0.1, 0.15) is 11.6 Å². The van der Waals surface area contributed by atoms with Crippen molar-refractivity contribution in [1.29, 1.82) is 0 Å². The average Bonchev–Trinajstić information content (AvgIpc) is 3.44. The maximum atomic E-state index is 13.2. The second-order valence-corrected chi connectivity index (χ2v) is 6.57. The Bertz CT molecular complexity index is 1060. The Labute approximate surface area is 165 Å². The summed E-state index contributed by atoms with van der Waals surface area (Å²) in [5.41, 5.74) is 1.25. The number of benzene rings is 2. The highest BCUT2D eigenvalue weighted by Crippen LogP contribution is 2.42. The number of hydrogen-bond acceptors (Lipinski definition) is 8. The molecule has 1 fully saturated rings. The molecule has 0 bridgehead atoms. The van der Waals surface area contributed by atoms with E-state index in [0.29, 0.717) is 40.0 Å². The number of hydrogen-bond donors (Lipinski definition) is 0. The van der Waals surface area contributed by atoms with Crippen molar-refractivity contribution in [3.63, 3.8) is 0 Å². The molecular weight excluding hydrogens is 380 g/mol. The molecule has 148 valence electrons. The van der Waals surface area contributed by atoms with Crippen LogP contribution in [0.3, 0.4) is 0 Å². The first-order valence-corrected chi connectivity index (χ1v) is 8.86. The summed E-state index contributed by atoms with van der Waals surface area (Å²) in [7, 11) is 3.01. The lowest BCUT2D eigenvalue weighted by molar-refractivity contribution is -0.126. The maximum Gasteiger partial charge on any atom is 0.278 e. The predicted molar refractivity (Wildman–Crippen MR) is 99.5 cm³/mol. The van der Waals surface area contributed by atoms with Gasteiger partial charge in [-0.1, -0.05) is 11.2 Å². The molecule has 2 amide bonds. The monoisotopic (exact) mass is 396 g/mol.